The van der Waals surface area contributed by atoms with E-state index >= 15 is 0 Å². The highest BCUT2D eigenvalue weighted by Crippen LogP contribution is 2.39. The van der Waals surface area contributed by atoms with E-state index < -0.39 is 0 Å². The zero-order chi connectivity index (χ0) is 13.3. The maximum absolute atomic E-state index is 11.0. The van der Waals surface area contributed by atoms with E-state index in [1.807, 2.05) is 0 Å². The number of amides is 1. The van der Waals surface area contributed by atoms with E-state index in [2.05, 4.69) is 10.3 Å². The highest BCUT2D eigenvalue weighted by Gasteiger charge is 2.14. The highest BCUT2D eigenvalue weighted by atomic mass is 32.1. The number of aromatic hydroxyl groups is 2. The Morgan fingerprint density at radius 1 is 1.39 bits per heavy atom. The predicted octanol–water partition coefficient (Wildman–Crippen LogP) is 2.49. The molecule has 0 spiro atoms. The van der Waals surface area contributed by atoms with Crippen LogP contribution in [-0.2, 0) is 4.79 Å². The Morgan fingerprint density at radius 2 is 2.11 bits per heavy atom. The molecule has 1 amide bonds. The van der Waals surface area contributed by atoms with Crippen molar-refractivity contribution >= 4 is 22.4 Å². The molecule has 1 heterocycles. The van der Waals surface area contributed by atoms with Crippen LogP contribution in [0.4, 0.5) is 5.13 Å². The van der Waals surface area contributed by atoms with Gasteiger partial charge in [0.1, 0.15) is 11.5 Å². The average molecular weight is 264 g/mol. The summed E-state index contributed by atoms with van der Waals surface area (Å²) in [5.74, 6) is -0.0685. The molecule has 2 aromatic rings. The molecular formula is C12H12N2O3S. The van der Waals surface area contributed by atoms with Gasteiger partial charge in [0, 0.05) is 12.5 Å². The summed E-state index contributed by atoms with van der Waals surface area (Å²) >= 11 is 1.25. The lowest BCUT2D eigenvalue weighted by Gasteiger charge is -2.03. The van der Waals surface area contributed by atoms with E-state index in [0.29, 0.717) is 21.3 Å². The quantitative estimate of drug-likeness (QED) is 0.728. The third kappa shape index (κ3) is 2.43. The van der Waals surface area contributed by atoms with E-state index in [9.17, 15) is 15.0 Å². The van der Waals surface area contributed by atoms with Gasteiger partial charge < -0.3 is 15.5 Å². The van der Waals surface area contributed by atoms with Crippen LogP contribution in [0.15, 0.2) is 18.2 Å². The first-order valence-corrected chi connectivity index (χ1v) is 6.06. The van der Waals surface area contributed by atoms with Gasteiger partial charge in [0.25, 0.3) is 0 Å². The number of phenols is 2. The minimum absolute atomic E-state index is 0.0638. The number of nitrogens with one attached hydrogen (secondary N) is 1. The Bertz CT molecular complexity index is 607. The van der Waals surface area contributed by atoms with Gasteiger partial charge in [-0.3, -0.25) is 4.79 Å². The van der Waals surface area contributed by atoms with Crippen LogP contribution < -0.4 is 5.32 Å². The molecule has 0 fully saturated rings. The average Bonchev–Trinajstić information content (AvgIpc) is 2.62. The second-order valence-corrected chi connectivity index (χ2v) is 4.82. The number of thiazole rings is 1. The van der Waals surface area contributed by atoms with E-state index in [-0.39, 0.29) is 17.4 Å². The Kier molecular flexibility index (Phi) is 3.20. The van der Waals surface area contributed by atoms with E-state index in [0.717, 1.165) is 0 Å². The normalized spacial score (nSPS) is 10.3. The van der Waals surface area contributed by atoms with Crippen molar-refractivity contribution in [3.8, 4) is 21.9 Å². The molecule has 0 bridgehead atoms. The molecule has 0 aliphatic carbocycles. The summed E-state index contributed by atoms with van der Waals surface area (Å²) in [4.78, 5) is 15.9. The molecule has 1 aromatic carbocycles. The van der Waals surface area contributed by atoms with Crippen LogP contribution in [0.2, 0.25) is 0 Å². The van der Waals surface area contributed by atoms with Crippen LogP contribution in [0.25, 0.3) is 10.4 Å². The van der Waals surface area contributed by atoms with Crippen molar-refractivity contribution < 1.29 is 15.0 Å². The molecule has 0 aliphatic rings. The standard InChI is InChI=1S/C12H12N2O3S/c1-6-11(18-12(13-6)14-7(2)15)9-5-8(16)3-4-10(9)17/h3-5,16-17H,1-2H3,(H,13,14,15). The largest absolute Gasteiger partial charge is 0.508 e. The number of nitrogens with zero attached hydrogens (tertiary/aromatic N) is 1. The molecule has 0 saturated heterocycles. The van der Waals surface area contributed by atoms with Crippen LogP contribution in [0.1, 0.15) is 12.6 Å². The van der Waals surface area contributed by atoms with Gasteiger partial charge in [-0.2, -0.15) is 0 Å². The summed E-state index contributed by atoms with van der Waals surface area (Å²) in [5, 5.41) is 22.3. The van der Waals surface area contributed by atoms with Gasteiger partial charge in [0.05, 0.1) is 10.6 Å². The Morgan fingerprint density at radius 3 is 2.78 bits per heavy atom. The van der Waals surface area contributed by atoms with Gasteiger partial charge in [0.2, 0.25) is 5.91 Å². The summed E-state index contributed by atoms with van der Waals surface area (Å²) in [5.41, 5.74) is 1.19. The molecule has 0 radical (unpaired) electrons. The van der Waals surface area contributed by atoms with Crippen molar-refractivity contribution in [3.63, 3.8) is 0 Å². The number of phenolic OH excluding ortho intramolecular Hbond substituents is 2. The van der Waals surface area contributed by atoms with Crippen molar-refractivity contribution in [2.45, 2.75) is 13.8 Å². The first-order chi connectivity index (χ1) is 8.47. The van der Waals surface area contributed by atoms with Gasteiger partial charge in [0.15, 0.2) is 5.13 Å². The summed E-state index contributed by atoms with van der Waals surface area (Å²) in [7, 11) is 0. The molecule has 2 rings (SSSR count). The van der Waals surface area contributed by atoms with Crippen molar-refractivity contribution in [3.05, 3.63) is 23.9 Å². The third-order valence-corrected chi connectivity index (χ3v) is 3.41. The van der Waals surface area contributed by atoms with E-state index in [1.54, 1.807) is 6.92 Å². The molecule has 6 heteroatoms. The van der Waals surface area contributed by atoms with Gasteiger partial charge in [-0.1, -0.05) is 11.3 Å². The van der Waals surface area contributed by atoms with Crippen LogP contribution in [0.3, 0.4) is 0 Å². The Labute approximate surface area is 108 Å². The lowest BCUT2D eigenvalue weighted by molar-refractivity contribution is -0.114. The maximum Gasteiger partial charge on any atom is 0.223 e. The molecule has 0 unspecified atom stereocenters. The molecule has 18 heavy (non-hydrogen) atoms. The maximum atomic E-state index is 11.0. The Hall–Kier alpha value is -2.08. The van der Waals surface area contributed by atoms with Crippen LogP contribution in [-0.4, -0.2) is 21.1 Å². The minimum Gasteiger partial charge on any atom is -0.508 e. The summed E-state index contributed by atoms with van der Waals surface area (Å²) in [6, 6.07) is 4.29. The number of hydrogen-bond donors (Lipinski definition) is 3. The third-order valence-electron chi connectivity index (χ3n) is 2.30. The van der Waals surface area contributed by atoms with Gasteiger partial charge >= 0.3 is 0 Å². The fraction of sp³-hybridized carbons (Fsp3) is 0.167. The molecule has 94 valence electrons. The predicted molar refractivity (Wildman–Crippen MR) is 69.9 cm³/mol. The van der Waals surface area contributed by atoms with Crippen LogP contribution in [0, 0.1) is 6.92 Å². The number of carbonyl (C=O) groups excluding carboxylic acids is 1. The molecular weight excluding hydrogens is 252 g/mol. The van der Waals surface area contributed by atoms with Crippen molar-refractivity contribution in [2.75, 3.05) is 5.32 Å². The molecule has 0 atom stereocenters. The zero-order valence-corrected chi connectivity index (χ0v) is 10.7. The van der Waals surface area contributed by atoms with Gasteiger partial charge in [-0.05, 0) is 25.1 Å². The molecule has 0 aliphatic heterocycles. The SMILES string of the molecule is CC(=O)Nc1nc(C)c(-c2cc(O)ccc2O)s1. The number of benzene rings is 1. The second-order valence-electron chi connectivity index (χ2n) is 3.82. The monoisotopic (exact) mass is 264 g/mol. The number of aromatic nitrogens is 1. The topological polar surface area (TPSA) is 82.5 Å². The first kappa shape index (κ1) is 12.4. The van der Waals surface area contributed by atoms with Crippen LogP contribution in [0.5, 0.6) is 11.5 Å². The molecule has 5 nitrogen and oxygen atoms in total. The minimum atomic E-state index is -0.199. The fourth-order valence-electron chi connectivity index (χ4n) is 1.56. The van der Waals surface area contributed by atoms with E-state index in [1.165, 1.54) is 36.5 Å². The number of hydrogen-bond acceptors (Lipinski definition) is 5. The smallest absolute Gasteiger partial charge is 0.223 e. The highest BCUT2D eigenvalue weighted by molar-refractivity contribution is 7.19. The number of rotatable bonds is 2. The summed E-state index contributed by atoms with van der Waals surface area (Å²) < 4.78 is 0. The number of anilines is 1. The lowest BCUT2D eigenvalue weighted by Crippen LogP contribution is -2.04. The fourth-order valence-corrected chi connectivity index (χ4v) is 2.59. The van der Waals surface area contributed by atoms with E-state index in [4.69, 9.17) is 0 Å². The number of aryl methyl sites for hydroxylation is 1. The Balaban J connectivity index is 2.47. The first-order valence-electron chi connectivity index (χ1n) is 5.24. The number of carbonyl (C=O) groups is 1. The summed E-state index contributed by atoms with van der Waals surface area (Å²) in [6.45, 7) is 3.18. The van der Waals surface area contributed by atoms with Gasteiger partial charge in [-0.15, -0.1) is 0 Å². The van der Waals surface area contributed by atoms with Gasteiger partial charge in [-0.25, -0.2) is 4.98 Å². The molecule has 3 N–H and O–H groups in total. The molecule has 0 saturated carbocycles. The lowest BCUT2D eigenvalue weighted by atomic mass is 10.1. The van der Waals surface area contributed by atoms with Crippen molar-refractivity contribution in [1.82, 2.24) is 4.98 Å². The van der Waals surface area contributed by atoms with Crippen molar-refractivity contribution in [1.29, 1.82) is 0 Å². The zero-order valence-electron chi connectivity index (χ0n) is 9.89. The molecule has 1 aromatic heterocycles. The van der Waals surface area contributed by atoms with Crippen LogP contribution >= 0.6 is 11.3 Å². The summed E-state index contributed by atoms with van der Waals surface area (Å²) in [6.07, 6.45) is 0. The van der Waals surface area contributed by atoms with Crippen molar-refractivity contribution in [2.24, 2.45) is 0 Å². The second kappa shape index (κ2) is 4.66.